The molecule has 4 amide bonds. The molecule has 1 aliphatic heterocycles. The van der Waals surface area contributed by atoms with E-state index in [1.165, 1.54) is 0 Å². The third-order valence-corrected chi connectivity index (χ3v) is 3.76. The van der Waals surface area contributed by atoms with E-state index in [-0.39, 0.29) is 6.42 Å². The summed E-state index contributed by atoms with van der Waals surface area (Å²) in [5.74, 6) is -0.106. The minimum absolute atomic E-state index is 0.159. The van der Waals surface area contributed by atoms with Gasteiger partial charge in [-0.05, 0) is 31.9 Å². The summed E-state index contributed by atoms with van der Waals surface area (Å²) in [7, 11) is 0. The molecule has 2 rings (SSSR count). The number of amides is 4. The molecule has 2 N–H and O–H groups in total. The monoisotopic (exact) mass is 319 g/mol. The number of benzene rings is 1. The van der Waals surface area contributed by atoms with Crippen LogP contribution < -0.4 is 15.5 Å². The van der Waals surface area contributed by atoms with Gasteiger partial charge in [0.05, 0.1) is 6.61 Å². The Morgan fingerprint density at radius 3 is 2.61 bits per heavy atom. The van der Waals surface area contributed by atoms with E-state index in [4.69, 9.17) is 4.74 Å². The highest BCUT2D eigenvalue weighted by Gasteiger charge is 2.47. The molecule has 1 aliphatic rings. The molecular weight excluding hydrogens is 298 g/mol. The topological polar surface area (TPSA) is 87.7 Å². The van der Waals surface area contributed by atoms with Crippen LogP contribution in [0.2, 0.25) is 0 Å². The van der Waals surface area contributed by atoms with Gasteiger partial charge in [-0.2, -0.15) is 5.01 Å². The van der Waals surface area contributed by atoms with Gasteiger partial charge in [0, 0.05) is 6.42 Å². The number of nitrogens with zero attached hydrogens (tertiary/aromatic N) is 1. The molecule has 0 aliphatic carbocycles. The SMILES string of the molecule is CCC1(C)NC(=O)N(NC(=O)CCCOc2ccccc2)C1=O. The Labute approximate surface area is 135 Å². The fourth-order valence-corrected chi connectivity index (χ4v) is 2.15. The molecule has 0 saturated carbocycles. The second kappa shape index (κ2) is 7.13. The summed E-state index contributed by atoms with van der Waals surface area (Å²) >= 11 is 0. The van der Waals surface area contributed by atoms with Crippen LogP contribution in [-0.4, -0.2) is 35.0 Å². The molecule has 1 fully saturated rings. The van der Waals surface area contributed by atoms with Gasteiger partial charge >= 0.3 is 6.03 Å². The third-order valence-electron chi connectivity index (χ3n) is 3.76. The van der Waals surface area contributed by atoms with E-state index in [9.17, 15) is 14.4 Å². The molecule has 0 spiro atoms. The van der Waals surface area contributed by atoms with Gasteiger partial charge in [-0.3, -0.25) is 15.0 Å². The van der Waals surface area contributed by atoms with Gasteiger partial charge in [-0.15, -0.1) is 0 Å². The number of carbonyl (C=O) groups is 3. The molecule has 1 heterocycles. The molecule has 0 bridgehead atoms. The Bertz CT molecular complexity index is 590. The Balaban J connectivity index is 1.75. The fraction of sp³-hybridized carbons (Fsp3) is 0.438. The van der Waals surface area contributed by atoms with E-state index in [1.54, 1.807) is 13.8 Å². The molecule has 1 atom stereocenters. The lowest BCUT2D eigenvalue weighted by molar-refractivity contribution is -0.138. The summed E-state index contributed by atoms with van der Waals surface area (Å²) in [6.07, 6.45) is 1.09. The van der Waals surface area contributed by atoms with Crippen molar-refractivity contribution in [3.8, 4) is 5.75 Å². The van der Waals surface area contributed by atoms with Gasteiger partial charge in [0.1, 0.15) is 11.3 Å². The van der Waals surface area contributed by atoms with Gasteiger partial charge < -0.3 is 10.1 Å². The molecule has 124 valence electrons. The Morgan fingerprint density at radius 2 is 2.00 bits per heavy atom. The summed E-state index contributed by atoms with van der Waals surface area (Å²) in [6.45, 7) is 3.81. The number of urea groups is 1. The molecule has 7 heteroatoms. The minimum Gasteiger partial charge on any atom is -0.494 e. The standard InChI is InChI=1S/C16H21N3O4/c1-3-16(2)14(21)19(15(22)17-16)18-13(20)10-7-11-23-12-8-5-4-6-9-12/h4-6,8-9H,3,7,10-11H2,1-2H3,(H,17,22)(H,18,20). The number of carbonyl (C=O) groups excluding carboxylic acids is 3. The van der Waals surface area contributed by atoms with Crippen molar-refractivity contribution >= 4 is 17.8 Å². The summed E-state index contributed by atoms with van der Waals surface area (Å²) in [6, 6.07) is 8.68. The van der Waals surface area contributed by atoms with E-state index in [0.29, 0.717) is 19.4 Å². The maximum Gasteiger partial charge on any atom is 0.344 e. The number of ether oxygens (including phenoxy) is 1. The summed E-state index contributed by atoms with van der Waals surface area (Å²) in [5.41, 5.74) is 1.39. The van der Waals surface area contributed by atoms with Crippen molar-refractivity contribution < 1.29 is 19.1 Å². The number of imide groups is 1. The first kappa shape index (κ1) is 16.8. The highest BCUT2D eigenvalue weighted by Crippen LogP contribution is 2.19. The van der Waals surface area contributed by atoms with Crippen molar-refractivity contribution in [3.05, 3.63) is 30.3 Å². The Kier molecular flexibility index (Phi) is 5.20. The van der Waals surface area contributed by atoms with Crippen LogP contribution in [0.25, 0.3) is 0 Å². The van der Waals surface area contributed by atoms with Gasteiger partial charge in [-0.25, -0.2) is 4.79 Å². The lowest BCUT2D eigenvalue weighted by atomic mass is 10.00. The quantitative estimate of drug-likeness (QED) is 0.590. The molecule has 1 saturated heterocycles. The van der Waals surface area contributed by atoms with Crippen molar-refractivity contribution in [3.63, 3.8) is 0 Å². The lowest BCUT2D eigenvalue weighted by Gasteiger charge is -2.19. The van der Waals surface area contributed by atoms with Crippen molar-refractivity contribution in [2.75, 3.05) is 6.61 Å². The number of nitrogens with one attached hydrogen (secondary N) is 2. The lowest BCUT2D eigenvalue weighted by Crippen LogP contribution is -2.48. The highest BCUT2D eigenvalue weighted by atomic mass is 16.5. The maximum atomic E-state index is 12.1. The summed E-state index contributed by atoms with van der Waals surface area (Å²) in [5, 5.41) is 3.33. The van der Waals surface area contributed by atoms with Crippen molar-refractivity contribution in [2.45, 2.75) is 38.6 Å². The molecule has 0 aromatic heterocycles. The number of hydrogen-bond donors (Lipinski definition) is 2. The van der Waals surface area contributed by atoms with Gasteiger partial charge in [-0.1, -0.05) is 25.1 Å². The van der Waals surface area contributed by atoms with Crippen molar-refractivity contribution in [1.29, 1.82) is 0 Å². The van der Waals surface area contributed by atoms with Crippen LogP contribution in [0, 0.1) is 0 Å². The normalized spacial score (nSPS) is 20.3. The van der Waals surface area contributed by atoms with Crippen LogP contribution in [0.3, 0.4) is 0 Å². The average molecular weight is 319 g/mol. The Hall–Kier alpha value is -2.57. The van der Waals surface area contributed by atoms with E-state index in [1.807, 2.05) is 30.3 Å². The number of hydrogen-bond acceptors (Lipinski definition) is 4. The average Bonchev–Trinajstić information content (AvgIpc) is 2.76. The number of hydrazine groups is 1. The summed E-state index contributed by atoms with van der Waals surface area (Å²) < 4.78 is 5.48. The Morgan fingerprint density at radius 1 is 1.30 bits per heavy atom. The molecule has 1 unspecified atom stereocenters. The van der Waals surface area contributed by atoms with Crippen LogP contribution in [0.4, 0.5) is 4.79 Å². The second-order valence-electron chi connectivity index (χ2n) is 5.56. The predicted octanol–water partition coefficient (Wildman–Crippen LogP) is 1.60. The van der Waals surface area contributed by atoms with Gasteiger partial charge in [0.2, 0.25) is 5.91 Å². The van der Waals surface area contributed by atoms with Gasteiger partial charge in [0.15, 0.2) is 0 Å². The largest absolute Gasteiger partial charge is 0.494 e. The van der Waals surface area contributed by atoms with Gasteiger partial charge in [0.25, 0.3) is 5.91 Å². The second-order valence-corrected chi connectivity index (χ2v) is 5.56. The first-order chi connectivity index (χ1) is 11.0. The fourth-order valence-electron chi connectivity index (χ4n) is 2.15. The third kappa shape index (κ3) is 4.00. The smallest absolute Gasteiger partial charge is 0.344 e. The van der Waals surface area contributed by atoms with E-state index >= 15 is 0 Å². The predicted molar refractivity (Wildman–Crippen MR) is 83.4 cm³/mol. The van der Waals surface area contributed by atoms with E-state index in [2.05, 4.69) is 10.7 Å². The number of para-hydroxylation sites is 1. The van der Waals surface area contributed by atoms with E-state index in [0.717, 1.165) is 10.8 Å². The molecule has 7 nitrogen and oxygen atoms in total. The first-order valence-corrected chi connectivity index (χ1v) is 7.60. The molecule has 1 aromatic rings. The summed E-state index contributed by atoms with van der Waals surface area (Å²) in [4.78, 5) is 35.7. The van der Waals surface area contributed by atoms with Crippen molar-refractivity contribution in [2.24, 2.45) is 0 Å². The first-order valence-electron chi connectivity index (χ1n) is 7.60. The van der Waals surface area contributed by atoms with E-state index < -0.39 is 23.4 Å². The van der Waals surface area contributed by atoms with Crippen LogP contribution in [0.1, 0.15) is 33.1 Å². The molecule has 23 heavy (non-hydrogen) atoms. The zero-order valence-corrected chi connectivity index (χ0v) is 13.3. The molecule has 1 aromatic carbocycles. The van der Waals surface area contributed by atoms with Crippen molar-refractivity contribution in [1.82, 2.24) is 15.8 Å². The zero-order chi connectivity index (χ0) is 16.9. The van der Waals surface area contributed by atoms with Crippen LogP contribution in [-0.2, 0) is 9.59 Å². The molecule has 0 radical (unpaired) electrons. The minimum atomic E-state index is -0.958. The maximum absolute atomic E-state index is 12.1. The molecular formula is C16H21N3O4. The van der Waals surface area contributed by atoms with Crippen LogP contribution >= 0.6 is 0 Å². The zero-order valence-electron chi connectivity index (χ0n) is 13.3. The van der Waals surface area contributed by atoms with Crippen LogP contribution in [0.15, 0.2) is 30.3 Å². The number of rotatable bonds is 7. The van der Waals surface area contributed by atoms with Crippen LogP contribution in [0.5, 0.6) is 5.75 Å². The highest BCUT2D eigenvalue weighted by molar-refractivity contribution is 6.07.